The number of rotatable bonds is 6. The van der Waals surface area contributed by atoms with Gasteiger partial charge in [-0.2, -0.15) is 0 Å². The maximum absolute atomic E-state index is 12.7. The van der Waals surface area contributed by atoms with Crippen LogP contribution < -0.4 is 5.32 Å². The Bertz CT molecular complexity index is 1100. The van der Waals surface area contributed by atoms with Crippen molar-refractivity contribution in [2.45, 2.75) is 32.3 Å². The van der Waals surface area contributed by atoms with Crippen LogP contribution in [-0.4, -0.2) is 23.8 Å². The first-order chi connectivity index (χ1) is 14.5. The number of hydrogen-bond donors (Lipinski definition) is 1. The van der Waals surface area contributed by atoms with Crippen molar-refractivity contribution in [1.29, 1.82) is 0 Å². The number of carbonyl (C=O) groups is 3. The molecule has 1 amide bonds. The highest BCUT2D eigenvalue weighted by Crippen LogP contribution is 2.25. The molecule has 5 nitrogen and oxygen atoms in total. The monoisotopic (exact) mass is 419 g/mol. The summed E-state index contributed by atoms with van der Waals surface area (Å²) in [5, 5.41) is 4.61. The highest BCUT2D eigenvalue weighted by Gasteiger charge is 2.24. The minimum Gasteiger partial charge on any atom is -0.449 e. The summed E-state index contributed by atoms with van der Waals surface area (Å²) in [6.45, 7) is 1.52. The van der Waals surface area contributed by atoms with Crippen LogP contribution in [0.4, 0.5) is 5.69 Å². The molecule has 6 heteroatoms. The first kappa shape index (κ1) is 20.0. The number of thiophene rings is 1. The summed E-state index contributed by atoms with van der Waals surface area (Å²) in [4.78, 5) is 38.5. The zero-order chi connectivity index (χ0) is 21.1. The van der Waals surface area contributed by atoms with Gasteiger partial charge < -0.3 is 10.1 Å². The average Bonchev–Trinajstić information content (AvgIpc) is 3.44. The fourth-order valence-electron chi connectivity index (χ4n) is 3.57. The molecule has 0 unspecified atom stereocenters. The van der Waals surface area contributed by atoms with Gasteiger partial charge in [-0.05, 0) is 67.0 Å². The fourth-order valence-corrected chi connectivity index (χ4v) is 4.25. The first-order valence-electron chi connectivity index (χ1n) is 9.84. The third-order valence-corrected chi connectivity index (χ3v) is 6.02. The number of carbonyl (C=O) groups excluding carboxylic acids is 3. The minimum absolute atomic E-state index is 0.146. The van der Waals surface area contributed by atoms with E-state index >= 15 is 0 Å². The number of fused-ring (bicyclic) bond motifs is 1. The molecule has 3 aromatic rings. The van der Waals surface area contributed by atoms with Crippen LogP contribution in [0.2, 0.25) is 0 Å². The molecule has 30 heavy (non-hydrogen) atoms. The van der Waals surface area contributed by atoms with Crippen molar-refractivity contribution in [2.24, 2.45) is 0 Å². The van der Waals surface area contributed by atoms with Gasteiger partial charge in [0.25, 0.3) is 5.91 Å². The number of hydrogen-bond acceptors (Lipinski definition) is 5. The molecule has 4 rings (SSSR count). The standard InChI is InChI=1S/C24H21NO4S/c1-15(23(27)25-18-12-11-16-6-4-7-17(16)14-18)29-24(28)20-9-3-2-8-19(20)22(26)21-10-5-13-30-21/h2-3,5,8-15H,4,6-7H2,1H3,(H,25,27)/t15-/m1/s1. The molecule has 0 saturated heterocycles. The Hall–Kier alpha value is -3.25. The van der Waals surface area contributed by atoms with E-state index in [1.807, 2.05) is 18.2 Å². The largest absolute Gasteiger partial charge is 0.449 e. The van der Waals surface area contributed by atoms with Crippen LogP contribution in [0, 0.1) is 0 Å². The molecule has 152 valence electrons. The minimum atomic E-state index is -1.00. The van der Waals surface area contributed by atoms with Crippen LogP contribution in [0.15, 0.2) is 60.0 Å². The topological polar surface area (TPSA) is 72.5 Å². The van der Waals surface area contributed by atoms with Crippen molar-refractivity contribution in [3.63, 3.8) is 0 Å². The number of nitrogens with one attached hydrogen (secondary N) is 1. The van der Waals surface area contributed by atoms with Crippen molar-refractivity contribution in [2.75, 3.05) is 5.32 Å². The lowest BCUT2D eigenvalue weighted by atomic mass is 10.0. The molecular formula is C24H21NO4S. The van der Waals surface area contributed by atoms with Crippen LogP contribution >= 0.6 is 11.3 Å². The summed E-state index contributed by atoms with van der Waals surface area (Å²) >= 11 is 1.31. The van der Waals surface area contributed by atoms with Gasteiger partial charge in [0.2, 0.25) is 5.78 Å². The van der Waals surface area contributed by atoms with E-state index in [4.69, 9.17) is 4.74 Å². The van der Waals surface area contributed by atoms with Gasteiger partial charge in [0, 0.05) is 11.3 Å². The Kier molecular flexibility index (Phi) is 5.77. The maximum atomic E-state index is 12.7. The Balaban J connectivity index is 1.45. The maximum Gasteiger partial charge on any atom is 0.339 e. The molecule has 0 fully saturated rings. The van der Waals surface area contributed by atoms with E-state index in [1.165, 1.54) is 35.5 Å². The summed E-state index contributed by atoms with van der Waals surface area (Å²) in [6, 6.07) is 15.9. The summed E-state index contributed by atoms with van der Waals surface area (Å²) in [5.74, 6) is -1.36. The Morgan fingerprint density at radius 2 is 1.73 bits per heavy atom. The smallest absolute Gasteiger partial charge is 0.339 e. The molecule has 1 aromatic heterocycles. The number of esters is 1. The highest BCUT2D eigenvalue weighted by atomic mass is 32.1. The molecule has 0 bridgehead atoms. The lowest BCUT2D eigenvalue weighted by molar-refractivity contribution is -0.123. The van der Waals surface area contributed by atoms with Gasteiger partial charge >= 0.3 is 5.97 Å². The van der Waals surface area contributed by atoms with E-state index in [1.54, 1.807) is 35.7 Å². The fraction of sp³-hybridized carbons (Fsp3) is 0.208. The average molecular weight is 420 g/mol. The van der Waals surface area contributed by atoms with Crippen molar-refractivity contribution >= 4 is 34.7 Å². The molecule has 1 heterocycles. The van der Waals surface area contributed by atoms with E-state index in [2.05, 4.69) is 5.32 Å². The van der Waals surface area contributed by atoms with Gasteiger partial charge in [0.1, 0.15) is 0 Å². The third-order valence-electron chi connectivity index (χ3n) is 5.16. The van der Waals surface area contributed by atoms with Crippen molar-refractivity contribution in [1.82, 2.24) is 0 Å². The van der Waals surface area contributed by atoms with E-state index in [9.17, 15) is 14.4 Å². The zero-order valence-electron chi connectivity index (χ0n) is 16.5. The first-order valence-corrected chi connectivity index (χ1v) is 10.7. The summed E-state index contributed by atoms with van der Waals surface area (Å²) < 4.78 is 5.37. The van der Waals surface area contributed by atoms with Gasteiger partial charge in [-0.1, -0.05) is 30.3 Å². The Labute approximate surface area is 178 Å². The quantitative estimate of drug-likeness (QED) is 0.466. The van der Waals surface area contributed by atoms with Gasteiger partial charge in [-0.3, -0.25) is 9.59 Å². The van der Waals surface area contributed by atoms with Gasteiger partial charge in [-0.25, -0.2) is 4.79 Å². The number of ether oxygens (including phenoxy) is 1. The van der Waals surface area contributed by atoms with Crippen molar-refractivity contribution in [3.8, 4) is 0 Å². The summed E-state index contributed by atoms with van der Waals surface area (Å²) in [7, 11) is 0. The van der Waals surface area contributed by atoms with Crippen LogP contribution in [0.25, 0.3) is 0 Å². The van der Waals surface area contributed by atoms with Crippen LogP contribution in [-0.2, 0) is 22.4 Å². The SMILES string of the molecule is C[C@@H](OC(=O)c1ccccc1C(=O)c1cccs1)C(=O)Nc1ccc2c(c1)CCC2. The number of ketones is 1. The molecule has 0 aliphatic heterocycles. The second-order valence-electron chi connectivity index (χ2n) is 7.23. The van der Waals surface area contributed by atoms with Crippen LogP contribution in [0.5, 0.6) is 0 Å². The lowest BCUT2D eigenvalue weighted by Gasteiger charge is -2.15. The molecule has 1 aliphatic carbocycles. The summed E-state index contributed by atoms with van der Waals surface area (Å²) in [5.41, 5.74) is 3.67. The lowest BCUT2D eigenvalue weighted by Crippen LogP contribution is -2.30. The number of amides is 1. The van der Waals surface area contributed by atoms with Gasteiger partial charge in [-0.15, -0.1) is 11.3 Å². The predicted molar refractivity (Wildman–Crippen MR) is 116 cm³/mol. The van der Waals surface area contributed by atoms with Gasteiger partial charge in [0.15, 0.2) is 6.10 Å². The number of benzene rings is 2. The van der Waals surface area contributed by atoms with Crippen molar-refractivity contribution < 1.29 is 19.1 Å². The highest BCUT2D eigenvalue weighted by molar-refractivity contribution is 7.12. The number of anilines is 1. The second kappa shape index (κ2) is 8.63. The second-order valence-corrected chi connectivity index (χ2v) is 8.17. The molecule has 1 atom stereocenters. The van der Waals surface area contributed by atoms with Crippen LogP contribution in [0.1, 0.15) is 50.1 Å². The molecule has 1 aliphatic rings. The van der Waals surface area contributed by atoms with E-state index in [0.717, 1.165) is 19.3 Å². The molecule has 1 N–H and O–H groups in total. The Morgan fingerprint density at radius 3 is 2.50 bits per heavy atom. The molecule has 0 spiro atoms. The molecule has 0 radical (unpaired) electrons. The van der Waals surface area contributed by atoms with E-state index < -0.39 is 18.0 Å². The van der Waals surface area contributed by atoms with Crippen LogP contribution in [0.3, 0.4) is 0 Å². The normalized spacial score (nSPS) is 13.4. The van der Waals surface area contributed by atoms with E-state index in [0.29, 0.717) is 10.6 Å². The third kappa shape index (κ3) is 4.19. The molecular weight excluding hydrogens is 398 g/mol. The van der Waals surface area contributed by atoms with Gasteiger partial charge in [0.05, 0.1) is 10.4 Å². The zero-order valence-corrected chi connectivity index (χ0v) is 17.3. The summed E-state index contributed by atoms with van der Waals surface area (Å²) in [6.07, 6.45) is 2.21. The van der Waals surface area contributed by atoms with E-state index in [-0.39, 0.29) is 16.9 Å². The Morgan fingerprint density at radius 1 is 0.967 bits per heavy atom. The van der Waals surface area contributed by atoms with Crippen molar-refractivity contribution in [3.05, 3.63) is 87.1 Å². The predicted octanol–water partition coefficient (Wildman–Crippen LogP) is 4.65. The number of aryl methyl sites for hydroxylation is 2. The molecule has 2 aromatic carbocycles. The molecule has 0 saturated carbocycles.